The van der Waals surface area contributed by atoms with Crippen LogP contribution in [0.25, 0.3) is 0 Å². The lowest BCUT2D eigenvalue weighted by molar-refractivity contribution is 0.0601. The van der Waals surface area contributed by atoms with Gasteiger partial charge < -0.3 is 10.1 Å². The first-order valence-electron chi connectivity index (χ1n) is 6.22. The van der Waals surface area contributed by atoms with Crippen LogP contribution in [0.3, 0.4) is 0 Å². The van der Waals surface area contributed by atoms with Crippen LogP contribution < -0.4 is 5.32 Å². The Hall–Kier alpha value is -1.88. The van der Waals surface area contributed by atoms with Gasteiger partial charge in [-0.2, -0.15) is 0 Å². The summed E-state index contributed by atoms with van der Waals surface area (Å²) in [5.74, 6) is -0.878. The Balaban J connectivity index is 2.28. The number of esters is 1. The summed E-state index contributed by atoms with van der Waals surface area (Å²) in [5.41, 5.74) is 0.768. The van der Waals surface area contributed by atoms with Gasteiger partial charge in [-0.25, -0.2) is 9.18 Å². The zero-order valence-electron chi connectivity index (χ0n) is 11.6. The third kappa shape index (κ3) is 3.17. The highest BCUT2D eigenvalue weighted by Gasteiger charge is 2.15. The average molecular weight is 293 g/mol. The SMILES string of the molecule is COC(=O)c1ccc(F)cc1NC(C)c1ccc(C)s1. The van der Waals surface area contributed by atoms with Crippen molar-refractivity contribution in [2.24, 2.45) is 0 Å². The second-order valence-electron chi connectivity index (χ2n) is 4.50. The van der Waals surface area contributed by atoms with Gasteiger partial charge in [-0.05, 0) is 44.2 Å². The number of aryl methyl sites for hydroxylation is 1. The summed E-state index contributed by atoms with van der Waals surface area (Å²) in [6.45, 7) is 4.00. The maximum atomic E-state index is 13.4. The lowest BCUT2D eigenvalue weighted by Crippen LogP contribution is -2.11. The van der Waals surface area contributed by atoms with Crippen LogP contribution in [0.4, 0.5) is 10.1 Å². The number of thiophene rings is 1. The van der Waals surface area contributed by atoms with E-state index in [0.717, 1.165) is 4.88 Å². The van der Waals surface area contributed by atoms with Crippen LogP contribution in [0.15, 0.2) is 30.3 Å². The second-order valence-corrected chi connectivity index (χ2v) is 5.82. The first-order chi connectivity index (χ1) is 9.51. The summed E-state index contributed by atoms with van der Waals surface area (Å²) in [4.78, 5) is 14.0. The molecular formula is C15H16FNO2S. The fourth-order valence-corrected chi connectivity index (χ4v) is 2.79. The molecule has 1 heterocycles. The highest BCUT2D eigenvalue weighted by atomic mass is 32.1. The summed E-state index contributed by atoms with van der Waals surface area (Å²) in [5, 5.41) is 3.17. The van der Waals surface area contributed by atoms with Crippen molar-refractivity contribution in [3.63, 3.8) is 0 Å². The molecule has 0 aliphatic heterocycles. The monoisotopic (exact) mass is 293 g/mol. The molecule has 1 N–H and O–H groups in total. The fourth-order valence-electron chi connectivity index (χ4n) is 1.91. The molecule has 0 bridgehead atoms. The maximum Gasteiger partial charge on any atom is 0.339 e. The highest BCUT2D eigenvalue weighted by molar-refractivity contribution is 7.12. The minimum Gasteiger partial charge on any atom is -0.465 e. The van der Waals surface area contributed by atoms with Crippen LogP contribution in [0.2, 0.25) is 0 Å². The fraction of sp³-hybridized carbons (Fsp3) is 0.267. The molecule has 2 aromatic rings. The number of anilines is 1. The largest absolute Gasteiger partial charge is 0.465 e. The molecular weight excluding hydrogens is 277 g/mol. The van der Waals surface area contributed by atoms with E-state index in [1.807, 2.05) is 26.0 Å². The number of rotatable bonds is 4. The zero-order valence-corrected chi connectivity index (χ0v) is 12.4. The molecule has 1 atom stereocenters. The number of halogens is 1. The quantitative estimate of drug-likeness (QED) is 0.860. The van der Waals surface area contributed by atoms with Gasteiger partial charge in [-0.3, -0.25) is 0 Å². The van der Waals surface area contributed by atoms with Gasteiger partial charge >= 0.3 is 5.97 Å². The topological polar surface area (TPSA) is 38.3 Å². The van der Waals surface area contributed by atoms with E-state index in [-0.39, 0.29) is 6.04 Å². The van der Waals surface area contributed by atoms with E-state index in [4.69, 9.17) is 4.74 Å². The maximum absolute atomic E-state index is 13.4. The molecule has 0 amide bonds. The molecule has 0 saturated heterocycles. The molecule has 0 spiro atoms. The predicted molar refractivity (Wildman–Crippen MR) is 78.8 cm³/mol. The molecule has 0 saturated carbocycles. The summed E-state index contributed by atoms with van der Waals surface area (Å²) >= 11 is 1.67. The summed E-state index contributed by atoms with van der Waals surface area (Å²) < 4.78 is 18.1. The van der Waals surface area contributed by atoms with Crippen molar-refractivity contribution in [1.82, 2.24) is 0 Å². The van der Waals surface area contributed by atoms with Crippen LogP contribution in [0.1, 0.15) is 33.1 Å². The number of nitrogens with one attached hydrogen (secondary N) is 1. The van der Waals surface area contributed by atoms with Crippen molar-refractivity contribution < 1.29 is 13.9 Å². The molecule has 1 aromatic heterocycles. The molecule has 0 aliphatic carbocycles. The Morgan fingerprint density at radius 3 is 2.70 bits per heavy atom. The van der Waals surface area contributed by atoms with Crippen molar-refractivity contribution in [2.45, 2.75) is 19.9 Å². The smallest absolute Gasteiger partial charge is 0.339 e. The van der Waals surface area contributed by atoms with Gasteiger partial charge in [0.05, 0.1) is 24.4 Å². The van der Waals surface area contributed by atoms with Crippen molar-refractivity contribution in [3.8, 4) is 0 Å². The molecule has 3 nitrogen and oxygen atoms in total. The van der Waals surface area contributed by atoms with Gasteiger partial charge in [0.15, 0.2) is 0 Å². The third-order valence-electron chi connectivity index (χ3n) is 2.95. The molecule has 0 aliphatic rings. The van der Waals surface area contributed by atoms with E-state index >= 15 is 0 Å². The zero-order chi connectivity index (χ0) is 14.7. The number of ether oxygens (including phenoxy) is 1. The van der Waals surface area contributed by atoms with E-state index in [0.29, 0.717) is 11.3 Å². The Kier molecular flexibility index (Phi) is 4.39. The van der Waals surface area contributed by atoms with Gasteiger partial charge in [-0.15, -0.1) is 11.3 Å². The molecule has 1 aromatic carbocycles. The lowest BCUT2D eigenvalue weighted by Gasteiger charge is -2.16. The first kappa shape index (κ1) is 14.5. The number of carbonyl (C=O) groups is 1. The number of hydrogen-bond acceptors (Lipinski definition) is 4. The second kappa shape index (κ2) is 6.05. The van der Waals surface area contributed by atoms with Gasteiger partial charge in [0.1, 0.15) is 5.82 Å². The molecule has 5 heteroatoms. The molecule has 106 valence electrons. The first-order valence-corrected chi connectivity index (χ1v) is 7.03. The Labute approximate surface area is 121 Å². The standard InChI is InChI=1S/C15H16FNO2S/c1-9-4-7-14(20-9)10(2)17-13-8-11(16)5-6-12(13)15(18)19-3/h4-8,10,17H,1-3H3. The highest BCUT2D eigenvalue weighted by Crippen LogP contribution is 2.28. The van der Waals surface area contributed by atoms with Gasteiger partial charge in [0, 0.05) is 9.75 Å². The summed E-state index contributed by atoms with van der Waals surface area (Å²) in [7, 11) is 1.31. The van der Waals surface area contributed by atoms with Crippen molar-refractivity contribution in [1.29, 1.82) is 0 Å². The Bertz CT molecular complexity index is 624. The Morgan fingerprint density at radius 2 is 2.10 bits per heavy atom. The van der Waals surface area contributed by atoms with E-state index in [2.05, 4.69) is 5.32 Å². The molecule has 0 fully saturated rings. The van der Waals surface area contributed by atoms with Crippen molar-refractivity contribution in [2.75, 3.05) is 12.4 Å². The Morgan fingerprint density at radius 1 is 1.35 bits per heavy atom. The molecule has 20 heavy (non-hydrogen) atoms. The summed E-state index contributed by atoms with van der Waals surface area (Å²) in [6.07, 6.45) is 0. The lowest BCUT2D eigenvalue weighted by atomic mass is 10.1. The number of benzene rings is 1. The number of carbonyl (C=O) groups excluding carboxylic acids is 1. The van der Waals surface area contributed by atoms with Crippen molar-refractivity contribution in [3.05, 3.63) is 51.5 Å². The third-order valence-corrected chi connectivity index (χ3v) is 4.13. The van der Waals surface area contributed by atoms with Crippen LogP contribution in [0, 0.1) is 12.7 Å². The van der Waals surface area contributed by atoms with E-state index in [1.165, 1.54) is 30.2 Å². The van der Waals surface area contributed by atoms with Crippen LogP contribution >= 0.6 is 11.3 Å². The normalized spacial score (nSPS) is 12.0. The average Bonchev–Trinajstić information content (AvgIpc) is 2.85. The van der Waals surface area contributed by atoms with Gasteiger partial charge in [0.2, 0.25) is 0 Å². The van der Waals surface area contributed by atoms with Gasteiger partial charge in [0.25, 0.3) is 0 Å². The minimum absolute atomic E-state index is 0.0149. The molecule has 1 unspecified atom stereocenters. The van der Waals surface area contributed by atoms with Crippen molar-refractivity contribution >= 4 is 23.0 Å². The van der Waals surface area contributed by atoms with Crippen LogP contribution in [-0.2, 0) is 4.74 Å². The van der Waals surface area contributed by atoms with Crippen LogP contribution in [0.5, 0.6) is 0 Å². The van der Waals surface area contributed by atoms with Crippen LogP contribution in [-0.4, -0.2) is 13.1 Å². The van der Waals surface area contributed by atoms with E-state index in [9.17, 15) is 9.18 Å². The summed E-state index contributed by atoms with van der Waals surface area (Å²) in [6, 6.07) is 8.02. The predicted octanol–water partition coefficient (Wildman–Crippen LogP) is 4.16. The minimum atomic E-state index is -0.484. The number of methoxy groups -OCH3 is 1. The van der Waals surface area contributed by atoms with E-state index in [1.54, 1.807) is 11.3 Å². The van der Waals surface area contributed by atoms with E-state index < -0.39 is 11.8 Å². The molecule has 2 rings (SSSR count). The molecule has 0 radical (unpaired) electrons. The number of hydrogen-bond donors (Lipinski definition) is 1. The van der Waals surface area contributed by atoms with Gasteiger partial charge in [-0.1, -0.05) is 0 Å².